The molecule has 0 atom stereocenters. The third-order valence-electron chi connectivity index (χ3n) is 4.67. The lowest BCUT2D eigenvalue weighted by molar-refractivity contribution is 0.425. The molecule has 0 amide bonds. The van der Waals surface area contributed by atoms with Crippen molar-refractivity contribution in [1.82, 2.24) is 0 Å². The summed E-state index contributed by atoms with van der Waals surface area (Å²) in [6, 6.07) is 6.01. The van der Waals surface area contributed by atoms with Gasteiger partial charge in [0.15, 0.2) is 0 Å². The van der Waals surface area contributed by atoms with Gasteiger partial charge in [0.25, 0.3) is 0 Å². The molecule has 0 bridgehead atoms. The van der Waals surface area contributed by atoms with Crippen LogP contribution in [0, 0.1) is 0 Å². The molecule has 2 N–H and O–H groups in total. The van der Waals surface area contributed by atoms with E-state index in [1.807, 2.05) is 12.1 Å². The van der Waals surface area contributed by atoms with Gasteiger partial charge in [-0.2, -0.15) is 0 Å². The van der Waals surface area contributed by atoms with Crippen LogP contribution >= 0.6 is 0 Å². The first-order valence-electron chi connectivity index (χ1n) is 9.67. The van der Waals surface area contributed by atoms with Crippen LogP contribution in [0.5, 0.6) is 0 Å². The van der Waals surface area contributed by atoms with Gasteiger partial charge in [-0.25, -0.2) is 0 Å². The van der Waals surface area contributed by atoms with Crippen LogP contribution in [0.4, 0.5) is 0 Å². The third-order valence-corrected chi connectivity index (χ3v) is 4.67. The average Bonchev–Trinajstić information content (AvgIpc) is 2.55. The zero-order valence-corrected chi connectivity index (χ0v) is 15.2. The molecular weight excluding hydrogens is 283 g/mol. The number of unbranched alkanes of at least 4 members (excludes halogenated alkanes) is 8. The lowest BCUT2D eigenvalue weighted by Crippen LogP contribution is -2.34. The Hall–Kier alpha value is -0.795. The van der Waals surface area contributed by atoms with Crippen LogP contribution in [0.15, 0.2) is 18.2 Å². The second kappa shape index (κ2) is 12.6. The van der Waals surface area contributed by atoms with Crippen molar-refractivity contribution in [2.24, 2.45) is 0 Å². The highest BCUT2D eigenvalue weighted by Gasteiger charge is 2.17. The average molecular weight is 318 g/mol. The first-order valence-corrected chi connectivity index (χ1v) is 9.67. The van der Waals surface area contributed by atoms with Crippen molar-refractivity contribution in [2.75, 3.05) is 0 Å². The zero-order valence-electron chi connectivity index (χ0n) is 15.2. The molecule has 0 aliphatic heterocycles. The summed E-state index contributed by atoms with van der Waals surface area (Å²) >= 11 is 0. The van der Waals surface area contributed by atoms with E-state index in [2.05, 4.69) is 19.9 Å². The monoisotopic (exact) mass is 318 g/mol. The molecule has 0 aromatic heterocycles. The number of rotatable bonds is 13. The van der Waals surface area contributed by atoms with E-state index < -0.39 is 7.12 Å². The highest BCUT2D eigenvalue weighted by Crippen LogP contribution is 2.16. The summed E-state index contributed by atoms with van der Waals surface area (Å²) in [6.45, 7) is 4.47. The quantitative estimate of drug-likeness (QED) is 0.418. The summed E-state index contributed by atoms with van der Waals surface area (Å²) < 4.78 is 0. The minimum atomic E-state index is -1.35. The van der Waals surface area contributed by atoms with Crippen molar-refractivity contribution in [3.8, 4) is 0 Å². The van der Waals surface area contributed by atoms with Gasteiger partial charge in [0.1, 0.15) is 0 Å². The first-order chi connectivity index (χ1) is 11.2. The number of hydrogen-bond donors (Lipinski definition) is 2. The maximum Gasteiger partial charge on any atom is 0.488 e. The normalized spacial score (nSPS) is 11.0. The van der Waals surface area contributed by atoms with E-state index in [9.17, 15) is 10.0 Å². The topological polar surface area (TPSA) is 40.5 Å². The Kier molecular flexibility index (Phi) is 11.1. The van der Waals surface area contributed by atoms with Crippen LogP contribution in [0.1, 0.15) is 89.2 Å². The van der Waals surface area contributed by atoms with Crippen LogP contribution in [0.3, 0.4) is 0 Å². The molecule has 0 fully saturated rings. The molecule has 0 unspecified atom stereocenters. The lowest BCUT2D eigenvalue weighted by Gasteiger charge is -2.15. The van der Waals surface area contributed by atoms with Crippen LogP contribution in [0.25, 0.3) is 0 Å². The van der Waals surface area contributed by atoms with Crippen molar-refractivity contribution in [3.05, 3.63) is 29.3 Å². The fourth-order valence-corrected chi connectivity index (χ4v) is 3.26. The van der Waals surface area contributed by atoms with Crippen LogP contribution < -0.4 is 5.46 Å². The van der Waals surface area contributed by atoms with Crippen molar-refractivity contribution >= 4 is 12.6 Å². The van der Waals surface area contributed by atoms with Crippen LogP contribution in [-0.2, 0) is 12.8 Å². The van der Waals surface area contributed by atoms with E-state index in [4.69, 9.17) is 0 Å². The highest BCUT2D eigenvalue weighted by molar-refractivity contribution is 6.59. The Morgan fingerprint density at radius 2 is 1.30 bits per heavy atom. The predicted molar refractivity (Wildman–Crippen MR) is 101 cm³/mol. The maximum absolute atomic E-state index is 9.67. The number of benzene rings is 1. The van der Waals surface area contributed by atoms with E-state index in [1.54, 1.807) is 0 Å². The highest BCUT2D eigenvalue weighted by atomic mass is 16.4. The van der Waals surface area contributed by atoms with Crippen molar-refractivity contribution in [3.63, 3.8) is 0 Å². The second-order valence-corrected chi connectivity index (χ2v) is 6.69. The van der Waals surface area contributed by atoms with Crippen LogP contribution in [0.2, 0.25) is 0 Å². The molecule has 0 radical (unpaired) electrons. The van der Waals surface area contributed by atoms with E-state index in [0.29, 0.717) is 5.46 Å². The molecule has 0 aliphatic rings. The molecule has 1 rings (SSSR count). The molecule has 2 nitrogen and oxygen atoms in total. The molecule has 0 saturated heterocycles. The van der Waals surface area contributed by atoms with Crippen molar-refractivity contribution in [1.29, 1.82) is 0 Å². The lowest BCUT2D eigenvalue weighted by atomic mass is 9.74. The molecule has 23 heavy (non-hydrogen) atoms. The summed E-state index contributed by atoms with van der Waals surface area (Å²) in [5.74, 6) is 0. The van der Waals surface area contributed by atoms with E-state index in [1.165, 1.54) is 68.9 Å². The molecule has 0 aliphatic carbocycles. The Bertz CT molecular complexity index is 418. The minimum Gasteiger partial charge on any atom is -0.423 e. The summed E-state index contributed by atoms with van der Waals surface area (Å²) in [7, 11) is -1.35. The zero-order chi connectivity index (χ0) is 16.9. The molecule has 1 aromatic carbocycles. The molecule has 130 valence electrons. The van der Waals surface area contributed by atoms with E-state index >= 15 is 0 Å². The first kappa shape index (κ1) is 20.2. The molecule has 3 heteroatoms. The molecule has 1 aromatic rings. The Morgan fingerprint density at radius 1 is 0.739 bits per heavy atom. The van der Waals surface area contributed by atoms with E-state index in [-0.39, 0.29) is 0 Å². The van der Waals surface area contributed by atoms with Crippen LogP contribution in [-0.4, -0.2) is 17.2 Å². The third kappa shape index (κ3) is 8.03. The SMILES string of the molecule is CCCCCCCc1cccc(B(O)O)c1CCCCCCC. The Morgan fingerprint density at radius 3 is 1.87 bits per heavy atom. The van der Waals surface area contributed by atoms with Gasteiger partial charge in [-0.1, -0.05) is 83.4 Å². The van der Waals surface area contributed by atoms with Gasteiger partial charge in [0, 0.05) is 0 Å². The smallest absolute Gasteiger partial charge is 0.423 e. The van der Waals surface area contributed by atoms with Gasteiger partial charge in [-0.3, -0.25) is 0 Å². The Labute approximate surface area is 143 Å². The van der Waals surface area contributed by atoms with Gasteiger partial charge in [-0.15, -0.1) is 0 Å². The fraction of sp³-hybridized carbons (Fsp3) is 0.700. The minimum absolute atomic E-state index is 0.714. The van der Waals surface area contributed by atoms with Gasteiger partial charge in [0.2, 0.25) is 0 Å². The maximum atomic E-state index is 9.67. The summed E-state index contributed by atoms with van der Waals surface area (Å²) in [4.78, 5) is 0. The number of aryl methyl sites for hydroxylation is 1. The number of hydrogen-bond acceptors (Lipinski definition) is 2. The molecule has 0 saturated carbocycles. The van der Waals surface area contributed by atoms with E-state index in [0.717, 1.165) is 19.3 Å². The molecule has 0 spiro atoms. The molecule has 0 heterocycles. The molecular formula is C20H35BO2. The fourth-order valence-electron chi connectivity index (χ4n) is 3.26. The summed E-state index contributed by atoms with van der Waals surface area (Å²) in [6.07, 6.45) is 14.6. The summed E-state index contributed by atoms with van der Waals surface area (Å²) in [5, 5.41) is 19.3. The standard InChI is InChI=1S/C20H35BO2/c1-3-5-7-9-11-14-18-15-13-17-20(21(22)23)19(18)16-12-10-8-6-4-2/h13,15,17,22-23H,3-12,14,16H2,1-2H3. The largest absolute Gasteiger partial charge is 0.488 e. The van der Waals surface area contributed by atoms with Crippen molar-refractivity contribution < 1.29 is 10.0 Å². The second-order valence-electron chi connectivity index (χ2n) is 6.69. The summed E-state index contributed by atoms with van der Waals surface area (Å²) in [5.41, 5.74) is 3.23. The predicted octanol–water partition coefficient (Wildman–Crippen LogP) is 4.39. The van der Waals surface area contributed by atoms with Gasteiger partial charge < -0.3 is 10.0 Å². The van der Waals surface area contributed by atoms with Gasteiger partial charge >= 0.3 is 7.12 Å². The van der Waals surface area contributed by atoms with Crippen molar-refractivity contribution in [2.45, 2.75) is 90.9 Å². The van der Waals surface area contributed by atoms with Gasteiger partial charge in [-0.05, 0) is 42.3 Å². The Balaban J connectivity index is 2.61. The van der Waals surface area contributed by atoms with Gasteiger partial charge in [0.05, 0.1) is 0 Å².